The van der Waals surface area contributed by atoms with Crippen LogP contribution in [0.4, 0.5) is 5.69 Å². The van der Waals surface area contributed by atoms with Crippen LogP contribution in [0.15, 0.2) is 60.7 Å². The summed E-state index contributed by atoms with van der Waals surface area (Å²) in [5, 5.41) is 22.4. The molecule has 6 rings (SSSR count). The summed E-state index contributed by atoms with van der Waals surface area (Å²) in [5.74, 6) is -1.64. The van der Waals surface area contributed by atoms with Crippen LogP contribution in [0.2, 0.25) is 5.02 Å². The Labute approximate surface area is 212 Å². The van der Waals surface area contributed by atoms with Crippen molar-refractivity contribution in [2.75, 3.05) is 11.5 Å². The van der Waals surface area contributed by atoms with Gasteiger partial charge in [0.25, 0.3) is 0 Å². The number of aliphatic hydroxyl groups is 1. The highest BCUT2D eigenvalue weighted by molar-refractivity contribution is 6.30. The Morgan fingerprint density at radius 3 is 2.50 bits per heavy atom. The molecule has 0 spiro atoms. The van der Waals surface area contributed by atoms with Crippen molar-refractivity contribution in [2.45, 2.75) is 37.1 Å². The third kappa shape index (κ3) is 3.12. The second-order valence-electron chi connectivity index (χ2n) is 9.88. The van der Waals surface area contributed by atoms with E-state index in [2.05, 4.69) is 6.07 Å². The number of amides is 2. The van der Waals surface area contributed by atoms with Gasteiger partial charge >= 0.3 is 0 Å². The molecule has 8 heteroatoms. The van der Waals surface area contributed by atoms with E-state index in [1.807, 2.05) is 12.1 Å². The van der Waals surface area contributed by atoms with Crippen LogP contribution in [0.3, 0.4) is 0 Å². The standard InChI is InChI=1S/C28H23ClN2O5/c1-27-22(32)14-28(36-27,12-13-35-18-9-7-17(29)8-10-18)24-23(27)25(33)31(26(24)34)21-11-6-16(15-30)19-4-2-3-5-20(19)21/h2-11,22-24,32H,12-14H2,1H3. The molecule has 5 unspecified atom stereocenters. The van der Waals surface area contributed by atoms with Crippen molar-refractivity contribution in [1.29, 1.82) is 5.26 Å². The molecule has 2 bridgehead atoms. The molecule has 3 aliphatic heterocycles. The van der Waals surface area contributed by atoms with E-state index in [1.165, 1.54) is 4.90 Å². The fraction of sp³-hybridized carbons (Fsp3) is 0.321. The van der Waals surface area contributed by atoms with Gasteiger partial charge in [0.2, 0.25) is 11.8 Å². The summed E-state index contributed by atoms with van der Waals surface area (Å²) in [6.45, 7) is 1.96. The average Bonchev–Trinajstić information content (AvgIpc) is 3.41. The maximum absolute atomic E-state index is 13.9. The second kappa shape index (κ2) is 8.04. The van der Waals surface area contributed by atoms with Gasteiger partial charge in [-0.15, -0.1) is 0 Å². The Kier molecular flexibility index (Phi) is 5.13. The summed E-state index contributed by atoms with van der Waals surface area (Å²) in [6, 6.07) is 19.7. The molecule has 182 valence electrons. The minimum Gasteiger partial charge on any atom is -0.493 e. The predicted molar refractivity (Wildman–Crippen MR) is 133 cm³/mol. The Morgan fingerprint density at radius 2 is 1.78 bits per heavy atom. The Balaban J connectivity index is 1.35. The zero-order valence-electron chi connectivity index (χ0n) is 19.5. The number of halogens is 1. The first kappa shape index (κ1) is 23.0. The molecule has 3 aromatic carbocycles. The number of hydrogen-bond acceptors (Lipinski definition) is 6. The van der Waals surface area contributed by atoms with Gasteiger partial charge in [-0.05, 0) is 43.3 Å². The van der Waals surface area contributed by atoms with Gasteiger partial charge in [-0.1, -0.05) is 35.9 Å². The van der Waals surface area contributed by atoms with Gasteiger partial charge in [0.1, 0.15) is 11.4 Å². The molecule has 3 saturated heterocycles. The molecule has 2 amide bonds. The van der Waals surface area contributed by atoms with E-state index in [9.17, 15) is 20.0 Å². The van der Waals surface area contributed by atoms with E-state index < -0.39 is 29.1 Å². The van der Waals surface area contributed by atoms with Crippen molar-refractivity contribution < 1.29 is 24.2 Å². The largest absolute Gasteiger partial charge is 0.493 e. The molecule has 36 heavy (non-hydrogen) atoms. The number of nitrogens with zero attached hydrogens (tertiary/aromatic N) is 2. The number of aliphatic hydroxyl groups excluding tert-OH is 1. The number of fused-ring (bicyclic) bond motifs is 6. The SMILES string of the molecule is CC12OC(CCOc3ccc(Cl)cc3)(CC1O)C1C(=O)N(c3ccc(C#N)c4ccccc34)C(=O)C12. The lowest BCUT2D eigenvalue weighted by Gasteiger charge is -2.33. The monoisotopic (exact) mass is 502 g/mol. The lowest BCUT2D eigenvalue weighted by atomic mass is 9.66. The minimum absolute atomic E-state index is 0.245. The molecule has 0 saturated carbocycles. The maximum atomic E-state index is 13.9. The number of carbonyl (C=O) groups is 2. The smallest absolute Gasteiger partial charge is 0.240 e. The number of imide groups is 1. The number of carbonyl (C=O) groups excluding carboxylic acids is 2. The van der Waals surface area contributed by atoms with E-state index in [0.717, 1.165) is 0 Å². The summed E-state index contributed by atoms with van der Waals surface area (Å²) < 4.78 is 12.3. The topological polar surface area (TPSA) is 99.9 Å². The molecule has 0 radical (unpaired) electrons. The van der Waals surface area contributed by atoms with Crippen LogP contribution in [0.1, 0.15) is 25.3 Å². The summed E-state index contributed by atoms with van der Waals surface area (Å²) >= 11 is 5.95. The molecule has 5 atom stereocenters. The molecular formula is C28H23ClN2O5. The molecule has 0 aromatic heterocycles. The first-order valence-corrected chi connectivity index (χ1v) is 12.2. The van der Waals surface area contributed by atoms with Crippen LogP contribution in [-0.4, -0.2) is 40.8 Å². The van der Waals surface area contributed by atoms with E-state index in [-0.39, 0.29) is 24.8 Å². The third-order valence-corrected chi connectivity index (χ3v) is 8.24. The fourth-order valence-electron chi connectivity index (χ4n) is 6.31. The van der Waals surface area contributed by atoms with Gasteiger partial charge in [-0.25, -0.2) is 4.90 Å². The highest BCUT2D eigenvalue weighted by Crippen LogP contribution is 2.62. The second-order valence-corrected chi connectivity index (χ2v) is 10.3. The van der Waals surface area contributed by atoms with E-state index in [1.54, 1.807) is 55.5 Å². The number of ether oxygens (including phenoxy) is 2. The van der Waals surface area contributed by atoms with Crippen LogP contribution in [0.25, 0.3) is 10.8 Å². The van der Waals surface area contributed by atoms with Crippen molar-refractivity contribution >= 4 is 39.9 Å². The summed E-state index contributed by atoms with van der Waals surface area (Å²) in [7, 11) is 0. The van der Waals surface area contributed by atoms with Crippen molar-refractivity contribution in [3.63, 3.8) is 0 Å². The Bertz CT molecular complexity index is 1450. The van der Waals surface area contributed by atoms with Gasteiger partial charge in [-0.3, -0.25) is 9.59 Å². The van der Waals surface area contributed by atoms with Crippen LogP contribution in [-0.2, 0) is 14.3 Å². The van der Waals surface area contributed by atoms with Crippen LogP contribution in [0.5, 0.6) is 5.75 Å². The lowest BCUT2D eigenvalue weighted by molar-refractivity contribution is -0.134. The van der Waals surface area contributed by atoms with Crippen molar-refractivity contribution in [1.82, 2.24) is 0 Å². The summed E-state index contributed by atoms with van der Waals surface area (Å²) in [6.07, 6.45) is -0.302. The van der Waals surface area contributed by atoms with Gasteiger partial charge < -0.3 is 14.6 Å². The zero-order valence-corrected chi connectivity index (χ0v) is 20.2. The lowest BCUT2D eigenvalue weighted by Crippen LogP contribution is -2.49. The third-order valence-electron chi connectivity index (χ3n) is 7.98. The molecule has 1 N–H and O–H groups in total. The molecular weight excluding hydrogens is 480 g/mol. The summed E-state index contributed by atoms with van der Waals surface area (Å²) in [5.41, 5.74) is -1.28. The first-order chi connectivity index (χ1) is 17.3. The van der Waals surface area contributed by atoms with Gasteiger partial charge in [0.15, 0.2) is 0 Å². The quantitative estimate of drug-likeness (QED) is 0.524. The first-order valence-electron chi connectivity index (χ1n) is 11.9. The maximum Gasteiger partial charge on any atom is 0.240 e. The average molecular weight is 503 g/mol. The van der Waals surface area contributed by atoms with Gasteiger partial charge in [0, 0.05) is 28.6 Å². The van der Waals surface area contributed by atoms with Crippen molar-refractivity contribution in [2.24, 2.45) is 11.8 Å². The van der Waals surface area contributed by atoms with E-state index in [0.29, 0.717) is 39.2 Å². The molecule has 3 aliphatic rings. The predicted octanol–water partition coefficient (Wildman–Crippen LogP) is 4.23. The normalized spacial score (nSPS) is 30.6. The zero-order chi connectivity index (χ0) is 25.2. The Hall–Kier alpha value is -3.44. The number of hydrogen-bond donors (Lipinski definition) is 1. The van der Waals surface area contributed by atoms with Gasteiger partial charge in [-0.2, -0.15) is 5.26 Å². The van der Waals surface area contributed by atoms with Crippen molar-refractivity contribution in [3.8, 4) is 11.8 Å². The molecule has 3 heterocycles. The number of benzene rings is 3. The van der Waals surface area contributed by atoms with Crippen LogP contribution < -0.4 is 9.64 Å². The highest BCUT2D eigenvalue weighted by Gasteiger charge is 2.77. The minimum atomic E-state index is -1.17. The number of rotatable bonds is 5. The molecule has 3 fully saturated rings. The van der Waals surface area contributed by atoms with Crippen LogP contribution in [0, 0.1) is 23.2 Å². The van der Waals surface area contributed by atoms with E-state index in [4.69, 9.17) is 21.1 Å². The van der Waals surface area contributed by atoms with Crippen LogP contribution >= 0.6 is 11.6 Å². The summed E-state index contributed by atoms with van der Waals surface area (Å²) in [4.78, 5) is 29.0. The van der Waals surface area contributed by atoms with E-state index >= 15 is 0 Å². The number of anilines is 1. The van der Waals surface area contributed by atoms with Gasteiger partial charge in [0.05, 0.1) is 47.5 Å². The number of nitriles is 1. The highest BCUT2D eigenvalue weighted by atomic mass is 35.5. The molecule has 7 nitrogen and oxygen atoms in total. The Morgan fingerprint density at radius 1 is 1.08 bits per heavy atom. The molecule has 3 aromatic rings. The molecule has 0 aliphatic carbocycles. The fourth-order valence-corrected chi connectivity index (χ4v) is 6.44. The van der Waals surface area contributed by atoms with Crippen molar-refractivity contribution in [3.05, 3.63) is 71.2 Å².